The largest absolute Gasteiger partial charge is 0.208 e. The summed E-state index contributed by atoms with van der Waals surface area (Å²) in [5.74, 6) is 1.89. The van der Waals surface area contributed by atoms with Gasteiger partial charge in [-0.05, 0) is 62.7 Å². The van der Waals surface area contributed by atoms with Crippen LogP contribution < -0.4 is 0 Å². The zero-order valence-electron chi connectivity index (χ0n) is 29.8. The van der Waals surface area contributed by atoms with E-state index in [0.29, 0.717) is 17.5 Å². The maximum atomic E-state index is 5.23. The minimum Gasteiger partial charge on any atom is -0.208 e. The van der Waals surface area contributed by atoms with E-state index in [1.165, 1.54) is 36.9 Å². The summed E-state index contributed by atoms with van der Waals surface area (Å²) in [6.45, 7) is 0. The maximum Gasteiger partial charge on any atom is 0.164 e. The first kappa shape index (κ1) is 32.6. The molecule has 3 nitrogen and oxygen atoms in total. The molecule has 55 heavy (non-hydrogen) atoms. The van der Waals surface area contributed by atoms with Gasteiger partial charge in [0.1, 0.15) is 0 Å². The van der Waals surface area contributed by atoms with Gasteiger partial charge in [-0.25, -0.2) is 15.0 Å². The third-order valence-corrected chi connectivity index (χ3v) is 11.4. The first-order valence-corrected chi connectivity index (χ1v) is 19.3. The lowest BCUT2D eigenvalue weighted by atomic mass is 9.96. The first-order valence-electron chi connectivity index (χ1n) is 18.4. The van der Waals surface area contributed by atoms with Crippen molar-refractivity contribution in [3.63, 3.8) is 0 Å². The average molecular weight is 720 g/mol. The summed E-state index contributed by atoms with van der Waals surface area (Å²) in [5.41, 5.74) is 11.9. The summed E-state index contributed by atoms with van der Waals surface area (Å²) in [7, 11) is 0. The molecule has 4 heteroatoms. The van der Waals surface area contributed by atoms with E-state index in [0.717, 1.165) is 44.5 Å². The molecule has 0 bridgehead atoms. The molecule has 0 saturated carbocycles. The van der Waals surface area contributed by atoms with Crippen LogP contribution >= 0.6 is 11.3 Å². The Balaban J connectivity index is 1.09. The summed E-state index contributed by atoms with van der Waals surface area (Å²) in [4.78, 5) is 15.6. The van der Waals surface area contributed by atoms with Crippen LogP contribution in [0.1, 0.15) is 0 Å². The SMILES string of the molecule is c1ccc(-c2ccc(-c3ccccc3-c3nc(-c4ccc(-c5ccc6sc7ccccc7c6c5)cc4)nc(-c4ccccc4-c4ccccc4)n3)cc2)cc1. The lowest BCUT2D eigenvalue weighted by molar-refractivity contribution is 1.07. The van der Waals surface area contributed by atoms with E-state index in [1.54, 1.807) is 0 Å². The summed E-state index contributed by atoms with van der Waals surface area (Å²) in [6.07, 6.45) is 0. The molecule has 0 radical (unpaired) electrons. The molecule has 258 valence electrons. The van der Waals surface area contributed by atoms with Crippen LogP contribution in [-0.2, 0) is 0 Å². The molecule has 0 fully saturated rings. The van der Waals surface area contributed by atoms with Crippen molar-refractivity contribution >= 4 is 31.5 Å². The summed E-state index contributed by atoms with van der Waals surface area (Å²) in [6, 6.07) is 70.4. The van der Waals surface area contributed by atoms with E-state index < -0.39 is 0 Å². The Morgan fingerprint density at radius 2 is 0.655 bits per heavy atom. The fourth-order valence-corrected chi connectivity index (χ4v) is 8.50. The van der Waals surface area contributed by atoms with Crippen LogP contribution in [0.3, 0.4) is 0 Å². The maximum absolute atomic E-state index is 5.23. The third-order valence-electron chi connectivity index (χ3n) is 10.2. The van der Waals surface area contributed by atoms with Gasteiger partial charge in [-0.2, -0.15) is 0 Å². The zero-order valence-corrected chi connectivity index (χ0v) is 30.6. The van der Waals surface area contributed by atoms with Crippen molar-refractivity contribution in [2.24, 2.45) is 0 Å². The van der Waals surface area contributed by atoms with Crippen LogP contribution in [0.5, 0.6) is 0 Å². The lowest BCUT2D eigenvalue weighted by Crippen LogP contribution is -2.02. The molecule has 0 amide bonds. The number of hydrogen-bond acceptors (Lipinski definition) is 4. The number of hydrogen-bond donors (Lipinski definition) is 0. The number of thiophene rings is 1. The Labute approximate surface area is 323 Å². The van der Waals surface area contributed by atoms with Crippen LogP contribution in [0.4, 0.5) is 0 Å². The fourth-order valence-electron chi connectivity index (χ4n) is 7.41. The quantitative estimate of drug-likeness (QED) is 0.165. The second-order valence-corrected chi connectivity index (χ2v) is 14.7. The van der Waals surface area contributed by atoms with Gasteiger partial charge >= 0.3 is 0 Å². The van der Waals surface area contributed by atoms with E-state index in [9.17, 15) is 0 Å². The fraction of sp³-hybridized carbons (Fsp3) is 0. The number of fused-ring (bicyclic) bond motifs is 3. The molecule has 8 aromatic carbocycles. The van der Waals surface area contributed by atoms with E-state index >= 15 is 0 Å². The Kier molecular flexibility index (Phi) is 8.36. The molecular formula is C51H33N3S. The summed E-state index contributed by atoms with van der Waals surface area (Å²) >= 11 is 1.84. The smallest absolute Gasteiger partial charge is 0.164 e. The molecule has 2 aromatic heterocycles. The van der Waals surface area contributed by atoms with Crippen molar-refractivity contribution in [1.82, 2.24) is 15.0 Å². The van der Waals surface area contributed by atoms with Gasteiger partial charge in [-0.3, -0.25) is 0 Å². The van der Waals surface area contributed by atoms with Gasteiger partial charge in [0.25, 0.3) is 0 Å². The Morgan fingerprint density at radius 3 is 1.29 bits per heavy atom. The van der Waals surface area contributed by atoms with Crippen molar-refractivity contribution in [3.05, 3.63) is 200 Å². The molecule has 0 unspecified atom stereocenters. The monoisotopic (exact) mass is 719 g/mol. The van der Waals surface area contributed by atoms with Crippen LogP contribution in [0.2, 0.25) is 0 Å². The second-order valence-electron chi connectivity index (χ2n) is 13.6. The van der Waals surface area contributed by atoms with Gasteiger partial charge in [0.05, 0.1) is 0 Å². The molecular weight excluding hydrogens is 687 g/mol. The van der Waals surface area contributed by atoms with Crippen LogP contribution in [0, 0.1) is 0 Å². The molecule has 0 spiro atoms. The van der Waals surface area contributed by atoms with Crippen molar-refractivity contribution in [2.45, 2.75) is 0 Å². The minimum absolute atomic E-state index is 0.628. The molecule has 0 aliphatic rings. The predicted octanol–water partition coefficient (Wildman–Crippen LogP) is 13.9. The van der Waals surface area contributed by atoms with E-state index in [4.69, 9.17) is 15.0 Å². The highest BCUT2D eigenvalue weighted by molar-refractivity contribution is 7.25. The number of nitrogens with zero attached hydrogens (tertiary/aromatic N) is 3. The lowest BCUT2D eigenvalue weighted by Gasteiger charge is -2.14. The third kappa shape index (κ3) is 6.29. The minimum atomic E-state index is 0.628. The van der Waals surface area contributed by atoms with Crippen molar-refractivity contribution < 1.29 is 0 Å². The van der Waals surface area contributed by atoms with Crippen LogP contribution in [0.25, 0.3) is 98.8 Å². The van der Waals surface area contributed by atoms with Gasteiger partial charge in [0.2, 0.25) is 0 Å². The molecule has 0 atom stereocenters. The van der Waals surface area contributed by atoms with Crippen molar-refractivity contribution in [3.8, 4) is 78.7 Å². The highest BCUT2D eigenvalue weighted by Gasteiger charge is 2.18. The topological polar surface area (TPSA) is 38.7 Å². The number of aromatic nitrogens is 3. The van der Waals surface area contributed by atoms with E-state index in [2.05, 4.69) is 188 Å². The molecule has 0 aliphatic carbocycles. The zero-order chi connectivity index (χ0) is 36.6. The Bertz CT molecular complexity index is 2950. The number of benzene rings is 8. The highest BCUT2D eigenvalue weighted by Crippen LogP contribution is 2.38. The van der Waals surface area contributed by atoms with Gasteiger partial charge < -0.3 is 0 Å². The highest BCUT2D eigenvalue weighted by atomic mass is 32.1. The number of rotatable bonds is 7. The standard InChI is InChI=1S/C51H33N3S/c1-3-13-34(14-4-1)35-23-27-38(28-24-35)42-18-8-10-21-45(42)51-53-49(52-50(54-51)44-20-9-7-17-41(44)37-15-5-2-6-16-37)39-29-25-36(26-30-39)40-31-32-48-46(33-40)43-19-11-12-22-47(43)55-48/h1-33H. The van der Waals surface area contributed by atoms with E-state index in [1.807, 2.05) is 23.5 Å². The molecule has 2 heterocycles. The molecule has 0 aliphatic heterocycles. The van der Waals surface area contributed by atoms with Crippen molar-refractivity contribution in [1.29, 1.82) is 0 Å². The second kappa shape index (κ2) is 14.1. The normalized spacial score (nSPS) is 11.3. The average Bonchev–Trinajstić information content (AvgIpc) is 3.65. The summed E-state index contributed by atoms with van der Waals surface area (Å²) in [5, 5.41) is 2.59. The van der Waals surface area contributed by atoms with Gasteiger partial charge in [-0.1, -0.05) is 182 Å². The van der Waals surface area contributed by atoms with E-state index in [-0.39, 0.29) is 0 Å². The molecule has 0 N–H and O–H groups in total. The van der Waals surface area contributed by atoms with Crippen LogP contribution in [0.15, 0.2) is 200 Å². The predicted molar refractivity (Wildman–Crippen MR) is 231 cm³/mol. The summed E-state index contributed by atoms with van der Waals surface area (Å²) < 4.78 is 2.61. The Hall–Kier alpha value is -7.01. The molecule has 10 aromatic rings. The molecule has 10 rings (SSSR count). The van der Waals surface area contributed by atoms with Gasteiger partial charge in [0.15, 0.2) is 17.5 Å². The van der Waals surface area contributed by atoms with Gasteiger partial charge in [0, 0.05) is 36.9 Å². The van der Waals surface area contributed by atoms with Crippen molar-refractivity contribution in [2.75, 3.05) is 0 Å². The first-order chi connectivity index (χ1) is 27.2. The van der Waals surface area contributed by atoms with Gasteiger partial charge in [-0.15, -0.1) is 11.3 Å². The Morgan fingerprint density at radius 1 is 0.255 bits per heavy atom. The molecule has 0 saturated heterocycles. The van der Waals surface area contributed by atoms with Crippen LogP contribution in [-0.4, -0.2) is 15.0 Å².